The van der Waals surface area contributed by atoms with E-state index >= 15 is 0 Å². The van der Waals surface area contributed by atoms with E-state index in [2.05, 4.69) is 24.8 Å². The van der Waals surface area contributed by atoms with Crippen LogP contribution >= 0.6 is 0 Å². The third-order valence-corrected chi connectivity index (χ3v) is 1.56. The molecule has 0 aromatic heterocycles. The molecule has 0 aromatic carbocycles. The molecule has 0 saturated heterocycles. The molecule has 0 spiro atoms. The Balaban J connectivity index is 3.79. The van der Waals surface area contributed by atoms with Crippen molar-refractivity contribution >= 4 is 12.1 Å². The maximum absolute atomic E-state index is 10.9. The minimum atomic E-state index is -0.944. The standard InChI is InChI=1S/C9H17N3O6/c1-4-16-9(15)17-7(2)18-11-10-12(3)6-5-8(13)14/h7H,4-6H2,1-3H3,(H,13,14). The lowest BCUT2D eigenvalue weighted by Crippen LogP contribution is -2.18. The normalized spacial score (nSPS) is 11.9. The van der Waals surface area contributed by atoms with Crippen LogP contribution in [0, 0.1) is 0 Å². The fraction of sp³-hybridized carbons (Fsp3) is 0.778. The molecule has 1 unspecified atom stereocenters. The monoisotopic (exact) mass is 263 g/mol. The lowest BCUT2D eigenvalue weighted by Gasteiger charge is -2.11. The van der Waals surface area contributed by atoms with E-state index < -0.39 is 18.4 Å². The number of carboxylic acids is 1. The topological polar surface area (TPSA) is 110 Å². The first-order chi connectivity index (χ1) is 8.45. The fourth-order valence-corrected chi connectivity index (χ4v) is 0.761. The molecular formula is C9H17N3O6. The van der Waals surface area contributed by atoms with E-state index in [1.807, 2.05) is 0 Å². The van der Waals surface area contributed by atoms with Gasteiger partial charge in [0.05, 0.1) is 13.0 Å². The van der Waals surface area contributed by atoms with Gasteiger partial charge in [-0.2, -0.15) is 0 Å². The van der Waals surface area contributed by atoms with Gasteiger partial charge < -0.3 is 19.4 Å². The average molecular weight is 263 g/mol. The van der Waals surface area contributed by atoms with Crippen LogP contribution in [0.15, 0.2) is 10.5 Å². The molecule has 0 heterocycles. The van der Waals surface area contributed by atoms with E-state index in [1.54, 1.807) is 6.92 Å². The molecule has 0 aliphatic carbocycles. The molecule has 1 atom stereocenters. The summed E-state index contributed by atoms with van der Waals surface area (Å²) in [6.07, 6.45) is -1.87. The van der Waals surface area contributed by atoms with Crippen LogP contribution in [-0.4, -0.2) is 48.7 Å². The first-order valence-corrected chi connectivity index (χ1v) is 5.28. The number of ether oxygens (including phenoxy) is 2. The van der Waals surface area contributed by atoms with Crippen molar-refractivity contribution in [1.82, 2.24) is 5.01 Å². The van der Waals surface area contributed by atoms with Gasteiger partial charge in [0.15, 0.2) is 0 Å². The van der Waals surface area contributed by atoms with Crippen molar-refractivity contribution in [1.29, 1.82) is 0 Å². The average Bonchev–Trinajstić information content (AvgIpc) is 2.26. The molecule has 18 heavy (non-hydrogen) atoms. The first kappa shape index (κ1) is 15.9. The highest BCUT2D eigenvalue weighted by molar-refractivity contribution is 5.66. The Morgan fingerprint density at radius 2 is 2.11 bits per heavy atom. The van der Waals surface area contributed by atoms with Gasteiger partial charge in [-0.1, -0.05) is 0 Å². The molecule has 0 radical (unpaired) electrons. The number of carbonyl (C=O) groups excluding carboxylic acids is 1. The second kappa shape index (κ2) is 9.02. The van der Waals surface area contributed by atoms with Crippen LogP contribution in [0.1, 0.15) is 20.3 Å². The van der Waals surface area contributed by atoms with E-state index in [0.29, 0.717) is 0 Å². The molecule has 0 amide bonds. The van der Waals surface area contributed by atoms with E-state index in [1.165, 1.54) is 19.0 Å². The van der Waals surface area contributed by atoms with Crippen LogP contribution < -0.4 is 0 Å². The molecule has 0 aliphatic rings. The summed E-state index contributed by atoms with van der Waals surface area (Å²) in [5.74, 6) is -0.933. The zero-order valence-corrected chi connectivity index (χ0v) is 10.5. The third kappa shape index (κ3) is 9.19. The van der Waals surface area contributed by atoms with Crippen LogP contribution in [0.5, 0.6) is 0 Å². The summed E-state index contributed by atoms with van der Waals surface area (Å²) in [6, 6.07) is 0. The molecule has 0 fully saturated rings. The van der Waals surface area contributed by atoms with Crippen LogP contribution in [0.2, 0.25) is 0 Å². The third-order valence-electron chi connectivity index (χ3n) is 1.56. The van der Waals surface area contributed by atoms with Gasteiger partial charge in [-0.25, -0.2) is 4.79 Å². The van der Waals surface area contributed by atoms with Crippen molar-refractivity contribution in [2.24, 2.45) is 10.5 Å². The number of hydrogen-bond donors (Lipinski definition) is 1. The zero-order valence-electron chi connectivity index (χ0n) is 10.5. The second-order valence-corrected chi connectivity index (χ2v) is 3.17. The molecule has 0 bridgehead atoms. The largest absolute Gasteiger partial charge is 0.511 e. The van der Waals surface area contributed by atoms with E-state index in [9.17, 15) is 9.59 Å². The van der Waals surface area contributed by atoms with Gasteiger partial charge >= 0.3 is 12.1 Å². The first-order valence-electron chi connectivity index (χ1n) is 5.28. The maximum atomic E-state index is 10.9. The Kier molecular flexibility index (Phi) is 7.99. The van der Waals surface area contributed by atoms with Gasteiger partial charge in [-0.15, -0.1) is 0 Å². The molecule has 0 rings (SSSR count). The Labute approximate surface area is 104 Å². The Hall–Kier alpha value is -2.06. The highest BCUT2D eigenvalue weighted by atomic mass is 16.8. The van der Waals surface area contributed by atoms with Crippen molar-refractivity contribution in [3.05, 3.63) is 0 Å². The van der Waals surface area contributed by atoms with Crippen molar-refractivity contribution in [3.8, 4) is 0 Å². The van der Waals surface area contributed by atoms with Crippen molar-refractivity contribution in [2.75, 3.05) is 20.2 Å². The molecular weight excluding hydrogens is 246 g/mol. The van der Waals surface area contributed by atoms with Gasteiger partial charge in [0.1, 0.15) is 0 Å². The van der Waals surface area contributed by atoms with Crippen molar-refractivity contribution in [2.45, 2.75) is 26.6 Å². The second-order valence-electron chi connectivity index (χ2n) is 3.17. The van der Waals surface area contributed by atoms with Gasteiger partial charge in [0.2, 0.25) is 0 Å². The molecule has 0 aromatic rings. The number of aliphatic carboxylic acids is 1. The van der Waals surface area contributed by atoms with Crippen LogP contribution in [0.3, 0.4) is 0 Å². The summed E-state index contributed by atoms with van der Waals surface area (Å²) in [7, 11) is 1.53. The fourth-order valence-electron chi connectivity index (χ4n) is 0.761. The summed E-state index contributed by atoms with van der Waals surface area (Å²) in [5.41, 5.74) is 0. The minimum absolute atomic E-state index is 0.0651. The van der Waals surface area contributed by atoms with E-state index in [-0.39, 0.29) is 19.6 Å². The highest BCUT2D eigenvalue weighted by Gasteiger charge is 2.10. The molecule has 1 N–H and O–H groups in total. The quantitative estimate of drug-likeness (QED) is 0.303. The lowest BCUT2D eigenvalue weighted by atomic mass is 10.4. The van der Waals surface area contributed by atoms with Gasteiger partial charge in [0, 0.05) is 25.8 Å². The van der Waals surface area contributed by atoms with Crippen LogP contribution in [-0.2, 0) is 19.1 Å². The Morgan fingerprint density at radius 3 is 2.67 bits per heavy atom. The summed E-state index contributed by atoms with van der Waals surface area (Å²) >= 11 is 0. The molecule has 104 valence electrons. The molecule has 0 aliphatic heterocycles. The number of nitrogens with zero attached hydrogens (tertiary/aromatic N) is 3. The summed E-state index contributed by atoms with van der Waals surface area (Å²) in [6.45, 7) is 3.47. The lowest BCUT2D eigenvalue weighted by molar-refractivity contribution is -0.137. The Bertz CT molecular complexity index is 296. The molecule has 9 nitrogen and oxygen atoms in total. The predicted molar refractivity (Wildman–Crippen MR) is 58.4 cm³/mol. The number of carbonyl (C=O) groups is 2. The summed E-state index contributed by atoms with van der Waals surface area (Å²) in [4.78, 5) is 25.8. The van der Waals surface area contributed by atoms with Gasteiger partial charge in [-0.3, -0.25) is 9.80 Å². The number of hydrogen-bond acceptors (Lipinski definition) is 7. The van der Waals surface area contributed by atoms with E-state index in [4.69, 9.17) is 5.11 Å². The molecule has 0 saturated carbocycles. The van der Waals surface area contributed by atoms with Crippen LogP contribution in [0.4, 0.5) is 4.79 Å². The highest BCUT2D eigenvalue weighted by Crippen LogP contribution is 1.99. The molecule has 9 heteroatoms. The smallest absolute Gasteiger partial charge is 0.481 e. The van der Waals surface area contributed by atoms with Crippen LogP contribution in [0.25, 0.3) is 0 Å². The predicted octanol–water partition coefficient (Wildman–Crippen LogP) is 1.21. The number of carboxylic acid groups (broad SMARTS) is 1. The van der Waals surface area contributed by atoms with Crippen molar-refractivity contribution in [3.63, 3.8) is 0 Å². The zero-order chi connectivity index (χ0) is 14.0. The number of rotatable bonds is 8. The van der Waals surface area contributed by atoms with Gasteiger partial charge in [-0.05, 0) is 12.1 Å². The van der Waals surface area contributed by atoms with Crippen molar-refractivity contribution < 1.29 is 29.0 Å². The minimum Gasteiger partial charge on any atom is -0.481 e. The van der Waals surface area contributed by atoms with E-state index in [0.717, 1.165) is 0 Å². The SMILES string of the molecule is CCOC(=O)OC(C)ON=NN(C)CCC(=O)O. The maximum Gasteiger partial charge on any atom is 0.511 e. The van der Waals surface area contributed by atoms with Gasteiger partial charge in [0.25, 0.3) is 6.29 Å². The summed E-state index contributed by atoms with van der Waals surface area (Å²) < 4.78 is 9.14. The Morgan fingerprint density at radius 1 is 1.44 bits per heavy atom. The summed E-state index contributed by atoms with van der Waals surface area (Å²) in [5, 5.41) is 16.5.